The van der Waals surface area contributed by atoms with Gasteiger partial charge in [0.2, 0.25) is 11.2 Å². The maximum Gasteiger partial charge on any atom is 0.352 e. The van der Waals surface area contributed by atoms with Gasteiger partial charge in [0.15, 0.2) is 0 Å². The Kier molecular flexibility index (Phi) is 5.24. The third kappa shape index (κ3) is 3.70. The van der Waals surface area contributed by atoms with Crippen molar-refractivity contribution in [2.24, 2.45) is 0 Å². The lowest BCUT2D eigenvalue weighted by atomic mass is 10.0. The van der Waals surface area contributed by atoms with Crippen LogP contribution in [0.3, 0.4) is 0 Å². The van der Waals surface area contributed by atoms with Crippen LogP contribution in [0.15, 0.2) is 35.5 Å². The summed E-state index contributed by atoms with van der Waals surface area (Å²) in [7, 11) is 0. The molecule has 2 aromatic rings. The number of β-lactam (4-membered cyclic amide) rings is 1. The van der Waals surface area contributed by atoms with Gasteiger partial charge in [-0.15, -0.1) is 11.8 Å². The Hall–Kier alpha value is -2.56. The van der Waals surface area contributed by atoms with Gasteiger partial charge in [0.1, 0.15) is 22.9 Å². The van der Waals surface area contributed by atoms with Gasteiger partial charge in [-0.3, -0.25) is 9.69 Å². The Morgan fingerprint density at radius 2 is 2.07 bits per heavy atom. The van der Waals surface area contributed by atoms with Gasteiger partial charge < -0.3 is 15.2 Å². The van der Waals surface area contributed by atoms with E-state index >= 15 is 0 Å². The molecule has 2 aliphatic heterocycles. The largest absolute Gasteiger partial charge is 0.477 e. The fraction of sp³-hybridized carbons (Fsp3) is 0.235. The van der Waals surface area contributed by atoms with Crippen LogP contribution in [0.2, 0.25) is 10.3 Å². The van der Waals surface area contributed by atoms with E-state index in [0.717, 1.165) is 0 Å². The van der Waals surface area contributed by atoms with Crippen molar-refractivity contribution in [1.82, 2.24) is 19.9 Å². The van der Waals surface area contributed by atoms with E-state index in [-0.39, 0.29) is 34.2 Å². The first-order valence-electron chi connectivity index (χ1n) is 8.33. The number of hydrogen-bond acceptors (Lipinski definition) is 8. The molecule has 1 aromatic heterocycles. The Labute approximate surface area is 179 Å². The molecule has 12 heteroatoms. The minimum absolute atomic E-state index is 0.0215. The zero-order valence-corrected chi connectivity index (χ0v) is 17.1. The maximum atomic E-state index is 12.6. The molecule has 4 rings (SSSR count). The number of fused-ring (bicyclic) bond motifs is 1. The van der Waals surface area contributed by atoms with Crippen LogP contribution in [0.1, 0.15) is 6.92 Å². The van der Waals surface area contributed by atoms with E-state index < -0.39 is 12.0 Å². The first kappa shape index (κ1) is 19.7. The monoisotopic (exact) mass is 453 g/mol. The number of carboxylic acid groups (broad SMARTS) is 1. The number of nitrogens with one attached hydrogen (secondary N) is 1. The molecule has 1 saturated heterocycles. The van der Waals surface area contributed by atoms with Crippen LogP contribution in [-0.2, 0) is 9.59 Å². The normalized spacial score (nSPS) is 20.8. The predicted octanol–water partition coefficient (Wildman–Crippen LogP) is 3.02. The lowest BCUT2D eigenvalue weighted by Gasteiger charge is -2.49. The smallest absolute Gasteiger partial charge is 0.352 e. The first-order valence-corrected chi connectivity index (χ1v) is 10.1. The molecule has 0 radical (unpaired) electrons. The number of ether oxygens (including phenoxy) is 1. The number of para-hydroxylation sites is 1. The van der Waals surface area contributed by atoms with E-state index in [9.17, 15) is 14.7 Å². The number of rotatable bonds is 5. The molecule has 2 N–H and O–H groups in total. The summed E-state index contributed by atoms with van der Waals surface area (Å²) in [6.45, 7) is 1.70. The molecule has 0 saturated carbocycles. The van der Waals surface area contributed by atoms with E-state index in [0.29, 0.717) is 22.1 Å². The molecule has 0 aliphatic carbocycles. The fourth-order valence-corrected chi connectivity index (χ4v) is 4.60. The molecule has 3 heterocycles. The van der Waals surface area contributed by atoms with Crippen LogP contribution in [0.4, 0.5) is 5.95 Å². The Morgan fingerprint density at radius 3 is 2.79 bits per heavy atom. The highest BCUT2D eigenvalue weighted by Gasteiger charge is 2.53. The van der Waals surface area contributed by atoms with Crippen LogP contribution in [0.25, 0.3) is 0 Å². The summed E-state index contributed by atoms with van der Waals surface area (Å²) in [5, 5.41) is 12.1. The number of carbonyl (C=O) groups excluding carboxylic acids is 1. The number of anilines is 1. The van der Waals surface area contributed by atoms with Gasteiger partial charge in [-0.05, 0) is 36.2 Å². The van der Waals surface area contributed by atoms with Gasteiger partial charge in [-0.2, -0.15) is 15.0 Å². The molecule has 2 unspecified atom stereocenters. The van der Waals surface area contributed by atoms with E-state index in [1.54, 1.807) is 31.2 Å². The average Bonchev–Trinajstić information content (AvgIpc) is 2.67. The second kappa shape index (κ2) is 7.69. The van der Waals surface area contributed by atoms with Gasteiger partial charge >= 0.3 is 12.0 Å². The third-order valence-electron chi connectivity index (χ3n) is 4.27. The number of carboxylic acids is 1. The number of thioether (sulfide) groups is 1. The van der Waals surface area contributed by atoms with Crippen molar-refractivity contribution >= 4 is 52.8 Å². The van der Waals surface area contributed by atoms with Crippen molar-refractivity contribution in [3.8, 4) is 11.8 Å². The molecule has 150 valence electrons. The molecule has 29 heavy (non-hydrogen) atoms. The van der Waals surface area contributed by atoms with Gasteiger partial charge in [0.25, 0.3) is 5.91 Å². The molecule has 1 amide bonds. The summed E-state index contributed by atoms with van der Waals surface area (Å²) >= 11 is 13.5. The van der Waals surface area contributed by atoms with Crippen molar-refractivity contribution in [2.45, 2.75) is 18.3 Å². The second-order valence-electron chi connectivity index (χ2n) is 6.21. The SMILES string of the molecule is CC1=C(C(=O)O)N2C(=O)C(Nc3nc(Cl)nc(Oc4ccccc4Cl)n3)C2SC1. The topological polar surface area (TPSA) is 118 Å². The molecule has 0 spiro atoms. The number of aliphatic carboxylic acids is 1. The van der Waals surface area contributed by atoms with E-state index in [1.165, 1.54) is 16.7 Å². The molecule has 1 fully saturated rings. The number of aromatic nitrogens is 3. The van der Waals surface area contributed by atoms with Crippen LogP contribution in [0, 0.1) is 0 Å². The fourth-order valence-electron chi connectivity index (χ4n) is 2.98. The summed E-state index contributed by atoms with van der Waals surface area (Å²) in [5.41, 5.74) is 0.664. The highest BCUT2D eigenvalue weighted by atomic mass is 35.5. The number of nitrogens with zero attached hydrogens (tertiary/aromatic N) is 4. The van der Waals surface area contributed by atoms with Gasteiger partial charge in [0, 0.05) is 5.75 Å². The molecule has 9 nitrogen and oxygen atoms in total. The van der Waals surface area contributed by atoms with Crippen LogP contribution in [0.5, 0.6) is 11.8 Å². The second-order valence-corrected chi connectivity index (χ2v) is 8.06. The lowest BCUT2D eigenvalue weighted by molar-refractivity contribution is -0.147. The Balaban J connectivity index is 1.54. The van der Waals surface area contributed by atoms with E-state index in [1.807, 2.05) is 0 Å². The molecule has 2 aliphatic rings. The minimum atomic E-state index is -1.13. The Morgan fingerprint density at radius 1 is 1.31 bits per heavy atom. The van der Waals surface area contributed by atoms with Gasteiger partial charge in [-0.25, -0.2) is 4.79 Å². The predicted molar refractivity (Wildman–Crippen MR) is 107 cm³/mol. The van der Waals surface area contributed by atoms with Crippen molar-refractivity contribution in [3.63, 3.8) is 0 Å². The number of carbonyl (C=O) groups is 2. The van der Waals surface area contributed by atoms with Crippen molar-refractivity contribution in [3.05, 3.63) is 45.8 Å². The van der Waals surface area contributed by atoms with Crippen LogP contribution < -0.4 is 10.1 Å². The van der Waals surface area contributed by atoms with Crippen LogP contribution >= 0.6 is 35.0 Å². The van der Waals surface area contributed by atoms with Crippen molar-refractivity contribution in [1.29, 1.82) is 0 Å². The zero-order valence-electron chi connectivity index (χ0n) is 14.8. The van der Waals surface area contributed by atoms with Crippen LogP contribution in [-0.4, -0.2) is 54.0 Å². The quantitative estimate of drug-likeness (QED) is 0.658. The average molecular weight is 454 g/mol. The van der Waals surface area contributed by atoms with Crippen molar-refractivity contribution < 1.29 is 19.4 Å². The maximum absolute atomic E-state index is 12.6. The summed E-state index contributed by atoms with van der Waals surface area (Å²) in [6.07, 6.45) is 0. The number of amides is 1. The number of halogens is 2. The van der Waals surface area contributed by atoms with E-state index in [4.69, 9.17) is 27.9 Å². The minimum Gasteiger partial charge on any atom is -0.477 e. The summed E-state index contributed by atoms with van der Waals surface area (Å²) in [5.74, 6) is -0.633. The summed E-state index contributed by atoms with van der Waals surface area (Å²) < 4.78 is 5.56. The first-order chi connectivity index (χ1) is 13.8. The highest BCUT2D eigenvalue weighted by Crippen LogP contribution is 2.41. The zero-order chi connectivity index (χ0) is 20.7. The number of benzene rings is 1. The summed E-state index contributed by atoms with van der Waals surface area (Å²) in [4.78, 5) is 37.3. The molecular weight excluding hydrogens is 441 g/mol. The Bertz CT molecular complexity index is 1050. The molecular formula is C17H13Cl2N5O4S. The summed E-state index contributed by atoms with van der Waals surface area (Å²) in [6, 6.07) is 5.98. The molecule has 2 atom stereocenters. The highest BCUT2D eigenvalue weighted by molar-refractivity contribution is 8.00. The molecule has 0 bridgehead atoms. The lowest BCUT2D eigenvalue weighted by Crippen LogP contribution is -2.67. The standard InChI is InChI=1S/C17H13Cl2N5O4S/c1-7-6-29-13-10(12(25)24(13)11(7)14(26)27)20-16-21-15(19)22-17(23-16)28-9-5-3-2-4-8(9)18/h2-5,10,13H,6H2,1H3,(H,26,27)(H,20,21,22,23). The van der Waals surface area contributed by atoms with Gasteiger partial charge in [0.05, 0.1) is 5.02 Å². The van der Waals surface area contributed by atoms with Crippen molar-refractivity contribution in [2.75, 3.05) is 11.1 Å². The molecule has 1 aromatic carbocycles. The van der Waals surface area contributed by atoms with Gasteiger partial charge in [-0.1, -0.05) is 23.7 Å². The number of hydrogen-bond donors (Lipinski definition) is 2. The van der Waals surface area contributed by atoms with E-state index in [2.05, 4.69) is 20.3 Å². The third-order valence-corrected chi connectivity index (χ3v) is 6.18.